The van der Waals surface area contributed by atoms with Crippen LogP contribution in [0.25, 0.3) is 0 Å². The maximum Gasteiger partial charge on any atom is 0.405 e. The Bertz CT molecular complexity index is 436. The smallest absolute Gasteiger partial charge is 0.211 e. The summed E-state index contributed by atoms with van der Waals surface area (Å²) >= 11 is 0. The maximum atomic E-state index is 13.0. The number of nitriles is 1. The molecule has 1 N–H and O–H groups in total. The Hall–Kier alpha value is -0.810. The van der Waals surface area contributed by atoms with Gasteiger partial charge >= 0.3 is 6.18 Å². The van der Waals surface area contributed by atoms with Crippen molar-refractivity contribution in [3.05, 3.63) is 0 Å². The minimum absolute atomic E-state index is 0.0406. The average molecular weight is 298 g/mol. The van der Waals surface area contributed by atoms with Crippen molar-refractivity contribution < 1.29 is 21.6 Å². The lowest BCUT2D eigenvalue weighted by Gasteiger charge is -2.27. The lowest BCUT2D eigenvalue weighted by atomic mass is 9.99. The SMILES string of the molecule is CC[C@@H](C#N)S(=O)(=O)N[C@H](C1CCCC1)C(F)(F)F. The largest absolute Gasteiger partial charge is 0.405 e. The molecule has 110 valence electrons. The van der Waals surface area contributed by atoms with Crippen LogP contribution < -0.4 is 4.72 Å². The molecule has 0 saturated heterocycles. The molecule has 0 amide bonds. The first-order valence-corrected chi connectivity index (χ1v) is 7.74. The summed E-state index contributed by atoms with van der Waals surface area (Å²) in [6.07, 6.45) is -2.61. The summed E-state index contributed by atoms with van der Waals surface area (Å²) in [7, 11) is -4.27. The fraction of sp³-hybridized carbons (Fsp3) is 0.909. The van der Waals surface area contributed by atoms with Gasteiger partial charge in [-0.05, 0) is 25.2 Å². The molecule has 0 aromatic rings. The van der Waals surface area contributed by atoms with Crippen LogP contribution in [0.4, 0.5) is 13.2 Å². The zero-order chi connectivity index (χ0) is 14.7. The molecule has 0 bridgehead atoms. The molecule has 1 aliphatic carbocycles. The zero-order valence-corrected chi connectivity index (χ0v) is 11.4. The van der Waals surface area contributed by atoms with E-state index in [1.165, 1.54) is 13.0 Å². The van der Waals surface area contributed by atoms with Crippen molar-refractivity contribution in [1.29, 1.82) is 5.26 Å². The van der Waals surface area contributed by atoms with E-state index in [1.807, 2.05) is 0 Å². The zero-order valence-electron chi connectivity index (χ0n) is 10.6. The van der Waals surface area contributed by atoms with E-state index in [-0.39, 0.29) is 6.42 Å². The topological polar surface area (TPSA) is 70.0 Å². The van der Waals surface area contributed by atoms with E-state index in [4.69, 9.17) is 5.26 Å². The monoisotopic (exact) mass is 298 g/mol. The van der Waals surface area contributed by atoms with Crippen molar-refractivity contribution in [2.45, 2.75) is 56.5 Å². The van der Waals surface area contributed by atoms with Crippen LogP contribution in [0.3, 0.4) is 0 Å². The average Bonchev–Trinajstić information content (AvgIpc) is 2.78. The van der Waals surface area contributed by atoms with Crippen LogP contribution in [-0.4, -0.2) is 25.9 Å². The number of nitrogens with one attached hydrogen (secondary N) is 1. The van der Waals surface area contributed by atoms with Crippen molar-refractivity contribution in [2.75, 3.05) is 0 Å². The molecule has 0 unspecified atom stereocenters. The Balaban J connectivity index is 2.92. The van der Waals surface area contributed by atoms with Gasteiger partial charge in [0.05, 0.1) is 6.07 Å². The Labute approximate surface area is 111 Å². The van der Waals surface area contributed by atoms with Crippen LogP contribution in [0, 0.1) is 17.2 Å². The highest BCUT2D eigenvalue weighted by molar-refractivity contribution is 7.90. The molecule has 1 fully saturated rings. The molecule has 0 spiro atoms. The van der Waals surface area contributed by atoms with E-state index in [0.717, 1.165) is 0 Å². The van der Waals surface area contributed by atoms with E-state index in [9.17, 15) is 21.6 Å². The molecule has 8 heteroatoms. The van der Waals surface area contributed by atoms with Gasteiger partial charge in [-0.15, -0.1) is 0 Å². The third-order valence-electron chi connectivity index (χ3n) is 3.40. The summed E-state index contributed by atoms with van der Waals surface area (Å²) in [4.78, 5) is 0. The summed E-state index contributed by atoms with van der Waals surface area (Å²) in [6.45, 7) is 1.45. The number of halogens is 3. The van der Waals surface area contributed by atoms with Crippen LogP contribution in [0.2, 0.25) is 0 Å². The molecule has 19 heavy (non-hydrogen) atoms. The fourth-order valence-electron chi connectivity index (χ4n) is 2.36. The Kier molecular flexibility index (Phi) is 5.21. The van der Waals surface area contributed by atoms with Gasteiger partial charge in [-0.25, -0.2) is 13.1 Å². The van der Waals surface area contributed by atoms with Crippen LogP contribution >= 0.6 is 0 Å². The first kappa shape index (κ1) is 16.2. The lowest BCUT2D eigenvalue weighted by Crippen LogP contribution is -2.51. The Morgan fingerprint density at radius 1 is 1.37 bits per heavy atom. The number of sulfonamides is 1. The molecule has 0 heterocycles. The van der Waals surface area contributed by atoms with Gasteiger partial charge in [0.25, 0.3) is 0 Å². The van der Waals surface area contributed by atoms with Crippen molar-refractivity contribution in [1.82, 2.24) is 4.72 Å². The highest BCUT2D eigenvalue weighted by Gasteiger charge is 2.48. The van der Waals surface area contributed by atoms with Gasteiger partial charge in [0, 0.05) is 0 Å². The minimum atomic E-state index is -4.63. The van der Waals surface area contributed by atoms with Crippen LogP contribution in [0.5, 0.6) is 0 Å². The maximum absolute atomic E-state index is 13.0. The molecule has 0 radical (unpaired) electrons. The standard InChI is InChI=1S/C11H17F3N2O2S/c1-2-9(7-15)19(17,18)16-10(11(12,13)14)8-5-3-4-6-8/h8-10,16H,2-6H2,1H3/t9-,10+/m0/s1. The van der Waals surface area contributed by atoms with Gasteiger partial charge in [0.2, 0.25) is 10.0 Å². The van der Waals surface area contributed by atoms with Crippen LogP contribution in [0.15, 0.2) is 0 Å². The predicted molar refractivity (Wildman–Crippen MR) is 63.5 cm³/mol. The first-order chi connectivity index (χ1) is 8.72. The van der Waals surface area contributed by atoms with Gasteiger partial charge in [-0.2, -0.15) is 18.4 Å². The van der Waals surface area contributed by atoms with E-state index >= 15 is 0 Å². The summed E-state index contributed by atoms with van der Waals surface area (Å²) in [5, 5.41) is 7.25. The molecule has 0 aliphatic heterocycles. The molecule has 4 nitrogen and oxygen atoms in total. The summed E-state index contributed by atoms with van der Waals surface area (Å²) < 4.78 is 64.1. The number of nitrogens with zero attached hydrogens (tertiary/aromatic N) is 1. The molecular weight excluding hydrogens is 281 g/mol. The molecule has 1 saturated carbocycles. The van der Waals surface area contributed by atoms with Gasteiger partial charge < -0.3 is 0 Å². The van der Waals surface area contributed by atoms with Gasteiger partial charge in [0.1, 0.15) is 6.04 Å². The fourth-order valence-corrected chi connectivity index (χ4v) is 3.78. The highest BCUT2D eigenvalue weighted by atomic mass is 32.2. The highest BCUT2D eigenvalue weighted by Crippen LogP contribution is 2.36. The molecule has 1 rings (SSSR count). The second kappa shape index (κ2) is 6.09. The molecule has 0 aromatic heterocycles. The summed E-state index contributed by atoms with van der Waals surface area (Å²) in [5.74, 6) is -0.731. The molecule has 0 aromatic carbocycles. The molecule has 1 aliphatic rings. The lowest BCUT2D eigenvalue weighted by molar-refractivity contribution is -0.162. The van der Waals surface area contributed by atoms with Crippen molar-refractivity contribution >= 4 is 10.0 Å². The minimum Gasteiger partial charge on any atom is -0.211 e. The van der Waals surface area contributed by atoms with Crippen LogP contribution in [-0.2, 0) is 10.0 Å². The van der Waals surface area contributed by atoms with E-state index in [2.05, 4.69) is 0 Å². The Morgan fingerprint density at radius 3 is 2.26 bits per heavy atom. The van der Waals surface area contributed by atoms with E-state index < -0.39 is 33.4 Å². The van der Waals surface area contributed by atoms with Crippen LogP contribution in [0.1, 0.15) is 39.0 Å². The van der Waals surface area contributed by atoms with E-state index in [0.29, 0.717) is 25.7 Å². The summed E-state index contributed by atoms with van der Waals surface area (Å²) in [6, 6.07) is -0.560. The normalized spacial score (nSPS) is 21.0. The first-order valence-electron chi connectivity index (χ1n) is 6.19. The number of rotatable bonds is 5. The quantitative estimate of drug-likeness (QED) is 0.847. The van der Waals surface area contributed by atoms with Crippen molar-refractivity contribution in [3.8, 4) is 6.07 Å². The van der Waals surface area contributed by atoms with Gasteiger partial charge in [-0.3, -0.25) is 0 Å². The van der Waals surface area contributed by atoms with Crippen molar-refractivity contribution in [2.24, 2.45) is 5.92 Å². The van der Waals surface area contributed by atoms with Gasteiger partial charge in [0.15, 0.2) is 5.25 Å². The second-order valence-corrected chi connectivity index (χ2v) is 6.65. The third-order valence-corrected chi connectivity index (χ3v) is 5.17. The summed E-state index contributed by atoms with van der Waals surface area (Å²) in [5.41, 5.74) is 0. The second-order valence-electron chi connectivity index (χ2n) is 4.75. The van der Waals surface area contributed by atoms with Crippen molar-refractivity contribution in [3.63, 3.8) is 0 Å². The Morgan fingerprint density at radius 2 is 1.89 bits per heavy atom. The molecular formula is C11H17F3N2O2S. The third kappa shape index (κ3) is 4.08. The number of hydrogen-bond acceptors (Lipinski definition) is 3. The molecule has 2 atom stereocenters. The van der Waals surface area contributed by atoms with Gasteiger partial charge in [-0.1, -0.05) is 19.8 Å². The number of hydrogen-bond donors (Lipinski definition) is 1. The van der Waals surface area contributed by atoms with E-state index in [1.54, 1.807) is 4.72 Å². The number of alkyl halides is 3. The predicted octanol–water partition coefficient (Wildman–Crippen LogP) is 2.33.